The minimum Gasteiger partial charge on any atom is -0.465 e. The summed E-state index contributed by atoms with van der Waals surface area (Å²) in [4.78, 5) is 17.8. The van der Waals surface area contributed by atoms with Crippen LogP contribution in [0.15, 0.2) is 46.9 Å². The van der Waals surface area contributed by atoms with Crippen LogP contribution in [0.25, 0.3) is 22.2 Å². The Balaban J connectivity index is 1.60. The average Bonchev–Trinajstić information content (AvgIpc) is 3.15. The summed E-state index contributed by atoms with van der Waals surface area (Å²) in [7, 11) is 0. The predicted molar refractivity (Wildman–Crippen MR) is 114 cm³/mol. The van der Waals surface area contributed by atoms with Crippen molar-refractivity contribution in [1.29, 1.82) is 0 Å². The number of halogens is 3. The third-order valence-corrected chi connectivity index (χ3v) is 6.15. The molecular formula is C24H25F3N2O3. The van der Waals surface area contributed by atoms with Gasteiger partial charge in [-0.2, -0.15) is 13.2 Å². The molecule has 0 radical (unpaired) electrons. The molecule has 170 valence electrons. The predicted octanol–water partition coefficient (Wildman–Crippen LogP) is 6.79. The van der Waals surface area contributed by atoms with Crippen LogP contribution in [0.2, 0.25) is 0 Å². The van der Waals surface area contributed by atoms with E-state index < -0.39 is 17.8 Å². The van der Waals surface area contributed by atoms with E-state index in [0.29, 0.717) is 41.9 Å². The number of rotatable bonds is 2. The van der Waals surface area contributed by atoms with E-state index >= 15 is 0 Å². The van der Waals surface area contributed by atoms with E-state index in [9.17, 15) is 23.1 Å². The molecule has 0 saturated carbocycles. The molecule has 8 heteroatoms. The second-order valence-corrected chi connectivity index (χ2v) is 9.39. The summed E-state index contributed by atoms with van der Waals surface area (Å²) in [5.41, 5.74) is 1.73. The van der Waals surface area contributed by atoms with Gasteiger partial charge in [-0.15, -0.1) is 0 Å². The molecule has 5 nitrogen and oxygen atoms in total. The Morgan fingerprint density at radius 3 is 2.34 bits per heavy atom. The number of hydrogen-bond donors (Lipinski definition) is 1. The van der Waals surface area contributed by atoms with Crippen molar-refractivity contribution in [1.82, 2.24) is 9.88 Å². The molecule has 4 rings (SSSR count). The number of nitrogens with zero attached hydrogens (tertiary/aromatic N) is 2. The van der Waals surface area contributed by atoms with Gasteiger partial charge in [0.05, 0.1) is 5.56 Å². The highest BCUT2D eigenvalue weighted by molar-refractivity contribution is 5.80. The number of carbonyl (C=O) groups is 1. The fourth-order valence-electron chi connectivity index (χ4n) is 4.39. The molecule has 1 aliphatic heterocycles. The Morgan fingerprint density at radius 1 is 1.09 bits per heavy atom. The van der Waals surface area contributed by atoms with Crippen molar-refractivity contribution in [2.45, 2.75) is 51.7 Å². The number of benzene rings is 2. The Kier molecular flexibility index (Phi) is 5.43. The quantitative estimate of drug-likeness (QED) is 0.471. The van der Waals surface area contributed by atoms with Crippen LogP contribution in [0.3, 0.4) is 0 Å². The fraction of sp³-hybridized carbons (Fsp3) is 0.417. The zero-order valence-electron chi connectivity index (χ0n) is 18.1. The Bertz CT molecular complexity index is 1130. The minimum absolute atomic E-state index is 0.00301. The molecule has 0 spiro atoms. The normalized spacial score (nSPS) is 20.0. The van der Waals surface area contributed by atoms with Crippen molar-refractivity contribution in [2.75, 3.05) is 6.54 Å². The van der Waals surface area contributed by atoms with E-state index in [1.54, 1.807) is 18.2 Å². The number of fused-ring (bicyclic) bond motifs is 1. The van der Waals surface area contributed by atoms with Gasteiger partial charge in [0.1, 0.15) is 5.52 Å². The minimum atomic E-state index is -4.37. The molecule has 1 fully saturated rings. The number of likely N-dealkylation sites (tertiary alicyclic amines) is 1. The highest BCUT2D eigenvalue weighted by Gasteiger charge is 2.40. The van der Waals surface area contributed by atoms with Crippen LogP contribution in [0.4, 0.5) is 18.0 Å². The first-order valence-electron chi connectivity index (χ1n) is 10.5. The van der Waals surface area contributed by atoms with Crippen molar-refractivity contribution < 1.29 is 27.5 Å². The monoisotopic (exact) mass is 446 g/mol. The Hall–Kier alpha value is -3.03. The van der Waals surface area contributed by atoms with Crippen molar-refractivity contribution in [3.05, 3.63) is 53.9 Å². The molecule has 32 heavy (non-hydrogen) atoms. The number of aromatic nitrogens is 1. The van der Waals surface area contributed by atoms with Crippen LogP contribution in [0.5, 0.6) is 0 Å². The van der Waals surface area contributed by atoms with Gasteiger partial charge in [-0.1, -0.05) is 39.0 Å². The lowest BCUT2D eigenvalue weighted by Crippen LogP contribution is -2.51. The summed E-state index contributed by atoms with van der Waals surface area (Å²) < 4.78 is 44.5. The van der Waals surface area contributed by atoms with Crippen molar-refractivity contribution in [3.63, 3.8) is 0 Å². The number of hydrogen-bond acceptors (Lipinski definition) is 3. The third kappa shape index (κ3) is 4.31. The molecule has 2 atom stereocenters. The Labute approximate surface area is 183 Å². The molecule has 2 unspecified atom stereocenters. The summed E-state index contributed by atoms with van der Waals surface area (Å²) in [6.45, 7) is 6.49. The second-order valence-electron chi connectivity index (χ2n) is 9.39. The van der Waals surface area contributed by atoms with Gasteiger partial charge in [0, 0.05) is 18.5 Å². The zero-order chi connectivity index (χ0) is 23.3. The molecule has 2 heterocycles. The lowest BCUT2D eigenvalue weighted by atomic mass is 9.77. The topological polar surface area (TPSA) is 66.6 Å². The summed E-state index contributed by atoms with van der Waals surface area (Å²) in [6, 6.07) is 10.2. The van der Waals surface area contributed by atoms with Gasteiger partial charge in [-0.3, -0.25) is 0 Å². The molecule has 1 N–H and O–H groups in total. The molecule has 1 amide bonds. The van der Waals surface area contributed by atoms with Crippen LogP contribution in [0, 0.1) is 5.41 Å². The van der Waals surface area contributed by atoms with E-state index in [1.807, 2.05) is 20.8 Å². The van der Waals surface area contributed by atoms with Gasteiger partial charge in [-0.05, 0) is 53.6 Å². The lowest BCUT2D eigenvalue weighted by Gasteiger charge is -2.43. The summed E-state index contributed by atoms with van der Waals surface area (Å²) in [6.07, 6.45) is -4.04. The van der Waals surface area contributed by atoms with Gasteiger partial charge in [0.15, 0.2) is 11.5 Å². The molecule has 3 aromatic rings. The van der Waals surface area contributed by atoms with Crippen LogP contribution < -0.4 is 0 Å². The van der Waals surface area contributed by atoms with E-state index in [4.69, 9.17) is 4.42 Å². The highest BCUT2D eigenvalue weighted by atomic mass is 19.4. The Morgan fingerprint density at radius 2 is 1.75 bits per heavy atom. The maximum Gasteiger partial charge on any atom is 0.416 e. The largest absolute Gasteiger partial charge is 0.465 e. The van der Waals surface area contributed by atoms with E-state index in [1.165, 1.54) is 17.0 Å². The molecule has 0 bridgehead atoms. The molecule has 1 aliphatic rings. The molecule has 1 saturated heterocycles. The summed E-state index contributed by atoms with van der Waals surface area (Å²) >= 11 is 0. The number of oxazole rings is 1. The molecular weight excluding hydrogens is 421 g/mol. The van der Waals surface area contributed by atoms with Crippen molar-refractivity contribution >= 4 is 17.2 Å². The van der Waals surface area contributed by atoms with Gasteiger partial charge >= 0.3 is 12.3 Å². The summed E-state index contributed by atoms with van der Waals surface area (Å²) in [5.74, 6) is 0.570. The van der Waals surface area contributed by atoms with E-state index in [0.717, 1.165) is 17.7 Å². The van der Waals surface area contributed by atoms with Gasteiger partial charge < -0.3 is 14.4 Å². The van der Waals surface area contributed by atoms with E-state index in [2.05, 4.69) is 4.98 Å². The summed E-state index contributed by atoms with van der Waals surface area (Å²) in [5, 5.41) is 9.57. The second kappa shape index (κ2) is 7.83. The van der Waals surface area contributed by atoms with Gasteiger partial charge in [0.25, 0.3) is 0 Å². The standard InChI is InChI=1S/C24H25F3N2O3/c1-23(2,3)20-13-16(10-11-29(20)22(30)31)21-28-18-12-15(6-9-19(18)32-21)14-4-7-17(8-5-14)24(25,26)27/h4-9,12,16,20H,10-11,13H2,1-3H3,(H,30,31). The van der Waals surface area contributed by atoms with Crippen LogP contribution in [0.1, 0.15) is 51.0 Å². The number of carboxylic acid groups (broad SMARTS) is 1. The maximum absolute atomic E-state index is 12.8. The number of piperidine rings is 1. The smallest absolute Gasteiger partial charge is 0.416 e. The average molecular weight is 446 g/mol. The van der Waals surface area contributed by atoms with Crippen molar-refractivity contribution in [2.24, 2.45) is 5.41 Å². The third-order valence-electron chi connectivity index (χ3n) is 6.15. The first kappa shape index (κ1) is 22.2. The zero-order valence-corrected chi connectivity index (χ0v) is 18.1. The van der Waals surface area contributed by atoms with Crippen molar-refractivity contribution in [3.8, 4) is 11.1 Å². The first-order chi connectivity index (χ1) is 14.9. The molecule has 1 aromatic heterocycles. The van der Waals surface area contributed by atoms with E-state index in [-0.39, 0.29) is 17.4 Å². The van der Waals surface area contributed by atoms with Crippen LogP contribution in [-0.2, 0) is 6.18 Å². The maximum atomic E-state index is 12.8. The van der Waals surface area contributed by atoms with Gasteiger partial charge in [-0.25, -0.2) is 9.78 Å². The fourth-order valence-corrected chi connectivity index (χ4v) is 4.39. The number of alkyl halides is 3. The van der Waals surface area contributed by atoms with Crippen LogP contribution in [-0.4, -0.2) is 33.7 Å². The first-order valence-corrected chi connectivity index (χ1v) is 10.5. The number of amides is 1. The van der Waals surface area contributed by atoms with Gasteiger partial charge in [0.2, 0.25) is 0 Å². The molecule has 2 aromatic carbocycles. The SMILES string of the molecule is CC(C)(C)C1CC(c2nc3cc(-c4ccc(C(F)(F)F)cc4)ccc3o2)CCN1C(=O)O. The highest BCUT2D eigenvalue weighted by Crippen LogP contribution is 2.40. The molecule has 0 aliphatic carbocycles. The van der Waals surface area contributed by atoms with Crippen LogP contribution >= 0.6 is 0 Å². The lowest BCUT2D eigenvalue weighted by molar-refractivity contribution is -0.137.